The van der Waals surface area contributed by atoms with Crippen LogP contribution < -0.4 is 0 Å². The Hall–Kier alpha value is -1.34. The summed E-state index contributed by atoms with van der Waals surface area (Å²) in [5, 5.41) is 8.64. The van der Waals surface area contributed by atoms with Crippen LogP contribution in [0.1, 0.15) is 20.3 Å². The molecule has 1 heterocycles. The van der Waals surface area contributed by atoms with E-state index in [0.717, 1.165) is 13.1 Å². The maximum Gasteiger partial charge on any atom is 0.246 e. The second-order valence-electron chi connectivity index (χ2n) is 3.51. The van der Waals surface area contributed by atoms with Crippen molar-refractivity contribution in [2.24, 2.45) is 0 Å². The molecule has 1 aliphatic rings. The second kappa shape index (κ2) is 7.89. The molecule has 0 aromatic rings. The van der Waals surface area contributed by atoms with Gasteiger partial charge >= 0.3 is 0 Å². The zero-order valence-electron chi connectivity index (χ0n) is 10.4. The third kappa shape index (κ3) is 4.03. The van der Waals surface area contributed by atoms with Crippen molar-refractivity contribution >= 4 is 5.91 Å². The number of carbonyl (C=O) groups excluding carboxylic acids is 1. The summed E-state index contributed by atoms with van der Waals surface area (Å²) in [4.78, 5) is 15.3. The number of rotatable bonds is 2. The molecular formula is C12H21N3O. The fraction of sp³-hybridized carbons (Fsp3) is 0.667. The molecule has 0 bridgehead atoms. The lowest BCUT2D eigenvalue weighted by Gasteiger charge is -2.38. The molecule has 1 rings (SSSR count). The van der Waals surface area contributed by atoms with Crippen molar-refractivity contribution in [2.75, 3.05) is 26.7 Å². The molecule has 0 saturated carbocycles. The quantitative estimate of drug-likeness (QED) is 0.662. The standard InChI is InChI=1S/C10H15N3O.C2H6/c1-3-10(14)13-7-6-12(2)8-9(13)4-5-11;1-2/h3,9H,1,4,6-8H2,2H3;1-2H3. The van der Waals surface area contributed by atoms with Crippen LogP contribution in [0.5, 0.6) is 0 Å². The van der Waals surface area contributed by atoms with Crippen molar-refractivity contribution in [3.8, 4) is 6.07 Å². The first kappa shape index (κ1) is 14.7. The van der Waals surface area contributed by atoms with Gasteiger partial charge in [0.15, 0.2) is 0 Å². The Bertz CT molecular complexity index is 270. The predicted molar refractivity (Wildman–Crippen MR) is 64.8 cm³/mol. The molecule has 4 heteroatoms. The number of nitrogens with zero attached hydrogens (tertiary/aromatic N) is 3. The average molecular weight is 223 g/mol. The van der Waals surface area contributed by atoms with Gasteiger partial charge in [-0.1, -0.05) is 20.4 Å². The number of amides is 1. The molecule has 0 N–H and O–H groups in total. The topological polar surface area (TPSA) is 47.3 Å². The van der Waals surface area contributed by atoms with Gasteiger partial charge in [-0.25, -0.2) is 0 Å². The van der Waals surface area contributed by atoms with E-state index < -0.39 is 0 Å². The van der Waals surface area contributed by atoms with Crippen molar-refractivity contribution in [1.82, 2.24) is 9.80 Å². The van der Waals surface area contributed by atoms with Crippen LogP contribution >= 0.6 is 0 Å². The SMILES string of the molecule is C=CC(=O)N1CCN(C)CC1CC#N.CC. The van der Waals surface area contributed by atoms with Gasteiger partial charge in [0, 0.05) is 19.6 Å². The van der Waals surface area contributed by atoms with E-state index in [1.807, 2.05) is 20.9 Å². The Morgan fingerprint density at radius 3 is 2.69 bits per heavy atom. The van der Waals surface area contributed by atoms with Crippen LogP contribution in [0.3, 0.4) is 0 Å². The molecule has 0 radical (unpaired) electrons. The van der Waals surface area contributed by atoms with Crippen molar-refractivity contribution in [1.29, 1.82) is 5.26 Å². The summed E-state index contributed by atoms with van der Waals surface area (Å²) in [5.74, 6) is -0.0710. The third-order valence-electron chi connectivity index (χ3n) is 2.47. The first-order valence-corrected chi connectivity index (χ1v) is 5.67. The number of carbonyl (C=O) groups is 1. The van der Waals surface area contributed by atoms with Crippen LogP contribution in [0.15, 0.2) is 12.7 Å². The lowest BCUT2D eigenvalue weighted by atomic mass is 10.1. The van der Waals surface area contributed by atoms with Crippen LogP contribution in [0.4, 0.5) is 0 Å². The highest BCUT2D eigenvalue weighted by Gasteiger charge is 2.27. The Balaban J connectivity index is 0.00000106. The van der Waals surface area contributed by atoms with Gasteiger partial charge in [-0.3, -0.25) is 4.79 Å². The highest BCUT2D eigenvalue weighted by molar-refractivity contribution is 5.87. The Morgan fingerprint density at radius 1 is 1.56 bits per heavy atom. The van der Waals surface area contributed by atoms with Gasteiger partial charge in [-0.05, 0) is 13.1 Å². The molecule has 4 nitrogen and oxygen atoms in total. The van der Waals surface area contributed by atoms with Crippen LogP contribution in [0, 0.1) is 11.3 Å². The number of hydrogen-bond donors (Lipinski definition) is 0. The van der Waals surface area contributed by atoms with Crippen LogP contribution in [0.25, 0.3) is 0 Å². The largest absolute Gasteiger partial charge is 0.333 e. The average Bonchev–Trinajstić information content (AvgIpc) is 2.31. The summed E-state index contributed by atoms with van der Waals surface area (Å²) in [6, 6.07) is 2.13. The van der Waals surface area contributed by atoms with Gasteiger partial charge < -0.3 is 9.80 Å². The lowest BCUT2D eigenvalue weighted by molar-refractivity contribution is -0.130. The number of piperazine rings is 1. The van der Waals surface area contributed by atoms with Gasteiger partial charge in [-0.2, -0.15) is 5.26 Å². The maximum absolute atomic E-state index is 11.4. The summed E-state index contributed by atoms with van der Waals surface area (Å²) >= 11 is 0. The molecule has 16 heavy (non-hydrogen) atoms. The van der Waals surface area contributed by atoms with Gasteiger partial charge in [-0.15, -0.1) is 0 Å². The molecule has 0 spiro atoms. The molecule has 0 aromatic carbocycles. The highest BCUT2D eigenvalue weighted by Crippen LogP contribution is 2.11. The van der Waals surface area contributed by atoms with Crippen molar-refractivity contribution in [3.63, 3.8) is 0 Å². The van der Waals surface area contributed by atoms with Crippen molar-refractivity contribution in [2.45, 2.75) is 26.3 Å². The summed E-state index contributed by atoms with van der Waals surface area (Å²) in [6.07, 6.45) is 1.71. The van der Waals surface area contributed by atoms with Gasteiger partial charge in [0.25, 0.3) is 0 Å². The molecule has 1 amide bonds. The first-order chi connectivity index (χ1) is 7.69. The number of hydrogen-bond acceptors (Lipinski definition) is 3. The Kier molecular flexibility index (Phi) is 7.23. The van der Waals surface area contributed by atoms with E-state index in [0.29, 0.717) is 13.0 Å². The van der Waals surface area contributed by atoms with E-state index in [1.165, 1.54) is 6.08 Å². The van der Waals surface area contributed by atoms with E-state index in [1.54, 1.807) is 4.90 Å². The van der Waals surface area contributed by atoms with Crippen LogP contribution in [0.2, 0.25) is 0 Å². The van der Waals surface area contributed by atoms with Gasteiger partial charge in [0.05, 0.1) is 18.5 Å². The third-order valence-corrected chi connectivity index (χ3v) is 2.47. The summed E-state index contributed by atoms with van der Waals surface area (Å²) in [7, 11) is 2.00. The molecular weight excluding hydrogens is 202 g/mol. The normalized spacial score (nSPS) is 20.4. The molecule has 0 aliphatic carbocycles. The van der Waals surface area contributed by atoms with Crippen LogP contribution in [-0.2, 0) is 4.79 Å². The Labute approximate surface area is 98.1 Å². The minimum absolute atomic E-state index is 0.0178. The summed E-state index contributed by atoms with van der Waals surface area (Å²) < 4.78 is 0. The summed E-state index contributed by atoms with van der Waals surface area (Å²) in [5.41, 5.74) is 0. The lowest BCUT2D eigenvalue weighted by Crippen LogP contribution is -2.53. The Morgan fingerprint density at radius 2 is 2.19 bits per heavy atom. The minimum atomic E-state index is -0.0710. The molecule has 90 valence electrons. The van der Waals surface area contributed by atoms with E-state index in [-0.39, 0.29) is 11.9 Å². The smallest absolute Gasteiger partial charge is 0.246 e. The number of nitriles is 1. The fourth-order valence-corrected chi connectivity index (χ4v) is 1.70. The first-order valence-electron chi connectivity index (χ1n) is 5.67. The van der Waals surface area contributed by atoms with Crippen molar-refractivity contribution in [3.05, 3.63) is 12.7 Å². The monoisotopic (exact) mass is 223 g/mol. The molecule has 1 saturated heterocycles. The molecule has 1 atom stereocenters. The highest BCUT2D eigenvalue weighted by atomic mass is 16.2. The van der Waals surface area contributed by atoms with E-state index in [2.05, 4.69) is 17.5 Å². The van der Waals surface area contributed by atoms with E-state index in [4.69, 9.17) is 5.26 Å². The van der Waals surface area contributed by atoms with Crippen LogP contribution in [-0.4, -0.2) is 48.4 Å². The number of likely N-dealkylation sites (N-methyl/N-ethyl adjacent to an activating group) is 1. The maximum atomic E-state index is 11.4. The second-order valence-corrected chi connectivity index (χ2v) is 3.51. The van der Waals surface area contributed by atoms with E-state index in [9.17, 15) is 4.79 Å². The van der Waals surface area contributed by atoms with Gasteiger partial charge in [0.1, 0.15) is 0 Å². The molecule has 1 unspecified atom stereocenters. The summed E-state index contributed by atoms with van der Waals surface area (Å²) in [6.45, 7) is 9.78. The minimum Gasteiger partial charge on any atom is -0.333 e. The van der Waals surface area contributed by atoms with Gasteiger partial charge in [0.2, 0.25) is 5.91 Å². The molecule has 1 fully saturated rings. The van der Waals surface area contributed by atoms with E-state index >= 15 is 0 Å². The zero-order chi connectivity index (χ0) is 12.6. The van der Waals surface area contributed by atoms with Crippen molar-refractivity contribution < 1.29 is 4.79 Å². The zero-order valence-corrected chi connectivity index (χ0v) is 10.4. The molecule has 0 aromatic heterocycles. The predicted octanol–water partition coefficient (Wildman–Crippen LogP) is 1.25. The fourth-order valence-electron chi connectivity index (χ4n) is 1.70. The molecule has 1 aliphatic heterocycles.